The van der Waals surface area contributed by atoms with Gasteiger partial charge < -0.3 is 19.9 Å². The lowest BCUT2D eigenvalue weighted by Gasteiger charge is -2.33. The maximum atomic E-state index is 11.2. The molecule has 0 unspecified atom stereocenters. The van der Waals surface area contributed by atoms with E-state index in [0.29, 0.717) is 13.2 Å². The molecule has 0 aliphatic carbocycles. The Bertz CT molecular complexity index is 250. The van der Waals surface area contributed by atoms with Crippen molar-refractivity contribution < 1.29 is 24.2 Å². The van der Waals surface area contributed by atoms with Crippen LogP contribution in [0.1, 0.15) is 27.7 Å². The highest BCUT2D eigenvalue weighted by Gasteiger charge is 2.44. The molecule has 16 heavy (non-hydrogen) atoms. The van der Waals surface area contributed by atoms with Gasteiger partial charge in [0.05, 0.1) is 0 Å². The lowest BCUT2D eigenvalue weighted by molar-refractivity contribution is -0.196. The summed E-state index contributed by atoms with van der Waals surface area (Å²) in [5.74, 6) is -1.65. The molecular formula is C10H19NO5. The van der Waals surface area contributed by atoms with Crippen molar-refractivity contribution in [1.29, 1.82) is 0 Å². The third-order valence-corrected chi connectivity index (χ3v) is 1.99. The molecule has 0 aromatic rings. The van der Waals surface area contributed by atoms with Crippen LogP contribution in [0.3, 0.4) is 0 Å². The van der Waals surface area contributed by atoms with Crippen LogP contribution in [0.25, 0.3) is 0 Å². The first-order valence-corrected chi connectivity index (χ1v) is 5.13. The molecule has 2 N–H and O–H groups in total. The summed E-state index contributed by atoms with van der Waals surface area (Å²) >= 11 is 0. The standard InChI is InChI=1S/C10H19NO5/c1-5-15-9(16-6-2)10(4,8(13)14)11-7(3)12/h9H,5-6H2,1-4H3,(H,11,12)(H,13,14)/t10-/m1/s1. The van der Waals surface area contributed by atoms with Gasteiger partial charge in [-0.25, -0.2) is 4.79 Å². The quantitative estimate of drug-likeness (QED) is 0.620. The summed E-state index contributed by atoms with van der Waals surface area (Å²) in [6.07, 6.45) is -1.01. The summed E-state index contributed by atoms with van der Waals surface area (Å²) < 4.78 is 10.4. The third kappa shape index (κ3) is 3.79. The molecule has 0 spiro atoms. The Labute approximate surface area is 94.9 Å². The minimum Gasteiger partial charge on any atom is -0.479 e. The zero-order valence-electron chi connectivity index (χ0n) is 10.1. The summed E-state index contributed by atoms with van der Waals surface area (Å²) in [6, 6.07) is 0. The average molecular weight is 233 g/mol. The predicted molar refractivity (Wildman–Crippen MR) is 56.9 cm³/mol. The van der Waals surface area contributed by atoms with Crippen molar-refractivity contribution in [1.82, 2.24) is 5.32 Å². The Kier molecular flexibility index (Phi) is 5.98. The topological polar surface area (TPSA) is 84.9 Å². The highest BCUT2D eigenvalue weighted by molar-refractivity contribution is 5.86. The number of carbonyl (C=O) groups excluding carboxylic acids is 1. The molecule has 0 bridgehead atoms. The lowest BCUT2D eigenvalue weighted by Crippen LogP contribution is -2.61. The number of carboxylic acids is 1. The van der Waals surface area contributed by atoms with Gasteiger partial charge in [-0.3, -0.25) is 4.79 Å². The van der Waals surface area contributed by atoms with E-state index >= 15 is 0 Å². The van der Waals surface area contributed by atoms with Crippen molar-refractivity contribution in [3.63, 3.8) is 0 Å². The molecular weight excluding hydrogens is 214 g/mol. The fourth-order valence-electron chi connectivity index (χ4n) is 1.26. The summed E-state index contributed by atoms with van der Waals surface area (Å²) in [6.45, 7) is 6.65. The summed E-state index contributed by atoms with van der Waals surface area (Å²) in [4.78, 5) is 22.2. The zero-order chi connectivity index (χ0) is 12.8. The van der Waals surface area contributed by atoms with Gasteiger partial charge in [0.25, 0.3) is 0 Å². The van der Waals surface area contributed by atoms with Gasteiger partial charge in [-0.1, -0.05) is 0 Å². The number of hydrogen-bond donors (Lipinski definition) is 2. The maximum absolute atomic E-state index is 11.2. The first-order chi connectivity index (χ1) is 7.38. The van der Waals surface area contributed by atoms with Gasteiger partial charge in [0.2, 0.25) is 5.91 Å². The van der Waals surface area contributed by atoms with Crippen LogP contribution < -0.4 is 5.32 Å². The molecule has 0 aromatic heterocycles. The van der Waals surface area contributed by atoms with Crippen molar-refractivity contribution in [2.24, 2.45) is 0 Å². The SMILES string of the molecule is CCOC(OCC)[C@](C)(NC(C)=O)C(=O)O. The molecule has 6 nitrogen and oxygen atoms in total. The first-order valence-electron chi connectivity index (χ1n) is 5.13. The number of nitrogens with one attached hydrogen (secondary N) is 1. The van der Waals surface area contributed by atoms with Crippen LogP contribution in [0.4, 0.5) is 0 Å². The lowest BCUT2D eigenvalue weighted by atomic mass is 10.0. The number of carbonyl (C=O) groups is 2. The van der Waals surface area contributed by atoms with Gasteiger partial charge in [0.1, 0.15) is 0 Å². The molecule has 94 valence electrons. The van der Waals surface area contributed by atoms with Crippen molar-refractivity contribution >= 4 is 11.9 Å². The molecule has 0 heterocycles. The molecule has 0 aromatic carbocycles. The van der Waals surface area contributed by atoms with Crippen LogP contribution in [0.2, 0.25) is 0 Å². The van der Waals surface area contributed by atoms with E-state index < -0.39 is 23.7 Å². The van der Waals surface area contributed by atoms with Gasteiger partial charge in [-0.05, 0) is 20.8 Å². The monoisotopic (exact) mass is 233 g/mol. The van der Waals surface area contributed by atoms with E-state index in [1.54, 1.807) is 13.8 Å². The normalized spacial score (nSPS) is 14.6. The molecule has 0 aliphatic rings. The molecule has 0 fully saturated rings. The minimum absolute atomic E-state index is 0.299. The van der Waals surface area contributed by atoms with Crippen molar-refractivity contribution in [3.05, 3.63) is 0 Å². The Morgan fingerprint density at radius 1 is 1.31 bits per heavy atom. The predicted octanol–water partition coefficient (Wildman–Crippen LogP) is 0.365. The zero-order valence-corrected chi connectivity index (χ0v) is 10.1. The van der Waals surface area contributed by atoms with E-state index in [1.807, 2.05) is 0 Å². The van der Waals surface area contributed by atoms with Crippen molar-refractivity contribution in [2.45, 2.75) is 39.5 Å². The Morgan fingerprint density at radius 3 is 2.00 bits per heavy atom. The molecule has 0 saturated carbocycles. The van der Waals surface area contributed by atoms with E-state index in [-0.39, 0.29) is 0 Å². The summed E-state index contributed by atoms with van der Waals surface area (Å²) in [7, 11) is 0. The highest BCUT2D eigenvalue weighted by Crippen LogP contribution is 2.16. The second-order valence-electron chi connectivity index (χ2n) is 3.43. The van der Waals surface area contributed by atoms with Crippen LogP contribution >= 0.6 is 0 Å². The Hall–Kier alpha value is -1.14. The highest BCUT2D eigenvalue weighted by atomic mass is 16.7. The second-order valence-corrected chi connectivity index (χ2v) is 3.43. The Balaban J connectivity index is 4.94. The number of rotatable bonds is 7. The van der Waals surface area contributed by atoms with Crippen LogP contribution in [0.15, 0.2) is 0 Å². The molecule has 6 heteroatoms. The second kappa shape index (κ2) is 6.44. The van der Waals surface area contributed by atoms with E-state index in [4.69, 9.17) is 14.6 Å². The fraction of sp³-hybridized carbons (Fsp3) is 0.800. The maximum Gasteiger partial charge on any atom is 0.334 e. The van der Waals surface area contributed by atoms with Crippen LogP contribution in [-0.2, 0) is 19.1 Å². The number of ether oxygens (including phenoxy) is 2. The van der Waals surface area contributed by atoms with Crippen LogP contribution in [0, 0.1) is 0 Å². The van der Waals surface area contributed by atoms with Crippen molar-refractivity contribution in [3.8, 4) is 0 Å². The Morgan fingerprint density at radius 2 is 1.75 bits per heavy atom. The molecule has 1 amide bonds. The van der Waals surface area contributed by atoms with Gasteiger partial charge in [-0.2, -0.15) is 0 Å². The molecule has 0 radical (unpaired) electrons. The average Bonchev–Trinajstić information content (AvgIpc) is 2.16. The first kappa shape index (κ1) is 14.9. The number of carboxylic acid groups (broad SMARTS) is 1. The molecule has 0 aliphatic heterocycles. The molecule has 0 rings (SSSR count). The number of hydrogen-bond acceptors (Lipinski definition) is 4. The fourth-order valence-corrected chi connectivity index (χ4v) is 1.26. The summed E-state index contributed by atoms with van der Waals surface area (Å²) in [5.41, 5.74) is -1.59. The number of aliphatic carboxylic acids is 1. The van der Waals surface area contributed by atoms with E-state index in [0.717, 1.165) is 0 Å². The van der Waals surface area contributed by atoms with Gasteiger partial charge in [-0.15, -0.1) is 0 Å². The smallest absolute Gasteiger partial charge is 0.334 e. The van der Waals surface area contributed by atoms with Crippen LogP contribution in [0.5, 0.6) is 0 Å². The van der Waals surface area contributed by atoms with Crippen LogP contribution in [-0.4, -0.2) is 42.0 Å². The number of amides is 1. The molecule has 1 atom stereocenters. The summed E-state index contributed by atoms with van der Waals surface area (Å²) in [5, 5.41) is 11.5. The minimum atomic E-state index is -1.59. The van der Waals surface area contributed by atoms with E-state index in [2.05, 4.69) is 5.32 Å². The van der Waals surface area contributed by atoms with Gasteiger partial charge >= 0.3 is 5.97 Å². The largest absolute Gasteiger partial charge is 0.479 e. The van der Waals surface area contributed by atoms with Crippen molar-refractivity contribution in [2.75, 3.05) is 13.2 Å². The third-order valence-electron chi connectivity index (χ3n) is 1.99. The van der Waals surface area contributed by atoms with Gasteiger partial charge in [0, 0.05) is 20.1 Å². The van der Waals surface area contributed by atoms with E-state index in [1.165, 1.54) is 13.8 Å². The van der Waals surface area contributed by atoms with E-state index in [9.17, 15) is 9.59 Å². The molecule has 0 saturated heterocycles. The van der Waals surface area contributed by atoms with Gasteiger partial charge in [0.15, 0.2) is 11.8 Å².